The number of carbonyl (C=O) groups excluding carboxylic acids is 2. The minimum Gasteiger partial charge on any atom is -0.489 e. The van der Waals surface area contributed by atoms with E-state index in [1.165, 1.54) is 0 Å². The first-order valence-electron chi connectivity index (χ1n) is 9.69. The Hall–Kier alpha value is -2.28. The predicted octanol–water partition coefficient (Wildman–Crippen LogP) is 1.61. The summed E-state index contributed by atoms with van der Waals surface area (Å²) in [5, 5.41) is 0. The lowest BCUT2D eigenvalue weighted by Crippen LogP contribution is -2.45. The zero-order chi connectivity index (χ0) is 19.4. The van der Waals surface area contributed by atoms with Crippen molar-refractivity contribution in [2.24, 2.45) is 0 Å². The Kier molecular flexibility index (Phi) is 6.21. The molecule has 0 bridgehead atoms. The van der Waals surface area contributed by atoms with E-state index in [2.05, 4.69) is 4.90 Å². The number of anilines is 1. The van der Waals surface area contributed by atoms with Crippen molar-refractivity contribution >= 4 is 17.5 Å². The number of rotatable bonds is 5. The topological polar surface area (TPSA) is 62.3 Å². The number of hydrogen-bond donors (Lipinski definition) is 0. The van der Waals surface area contributed by atoms with E-state index < -0.39 is 0 Å². The van der Waals surface area contributed by atoms with Gasteiger partial charge >= 0.3 is 0 Å². The number of benzene rings is 1. The molecule has 7 nitrogen and oxygen atoms in total. The zero-order valence-corrected chi connectivity index (χ0v) is 16.4. The highest BCUT2D eigenvalue weighted by Crippen LogP contribution is 2.35. The summed E-state index contributed by atoms with van der Waals surface area (Å²) in [4.78, 5) is 31.0. The number of likely N-dealkylation sites (N-methyl/N-ethyl adjacent to an activating group) is 1. The van der Waals surface area contributed by atoms with Crippen molar-refractivity contribution in [1.82, 2.24) is 9.80 Å². The molecule has 1 aromatic rings. The second-order valence-electron chi connectivity index (χ2n) is 6.93. The third-order valence-electron chi connectivity index (χ3n) is 5.39. The Balaban J connectivity index is 1.74. The van der Waals surface area contributed by atoms with Crippen molar-refractivity contribution in [1.29, 1.82) is 0 Å². The van der Waals surface area contributed by atoms with Crippen LogP contribution in [0.5, 0.6) is 5.75 Å². The van der Waals surface area contributed by atoms with Crippen molar-refractivity contribution < 1.29 is 19.1 Å². The standard InChI is InChI=1S/C20H29N3O4/c1-4-22(5-2)19(24)13-16-14-27-18-7-6-15(12-17(18)21(16)3)20(25)23-8-10-26-11-9-23/h6-7,12,16H,4-5,8-11,13-14H2,1-3H3. The summed E-state index contributed by atoms with van der Waals surface area (Å²) < 4.78 is 11.2. The molecule has 0 saturated carbocycles. The maximum Gasteiger partial charge on any atom is 0.254 e. The van der Waals surface area contributed by atoms with Crippen molar-refractivity contribution in [3.8, 4) is 5.75 Å². The zero-order valence-electron chi connectivity index (χ0n) is 16.4. The molecule has 2 aliphatic rings. The van der Waals surface area contributed by atoms with Crippen molar-refractivity contribution in [2.75, 3.05) is 57.9 Å². The summed E-state index contributed by atoms with van der Waals surface area (Å²) in [6.07, 6.45) is 0.402. The highest BCUT2D eigenvalue weighted by Gasteiger charge is 2.29. The number of morpholine rings is 1. The van der Waals surface area contributed by atoms with Crippen LogP contribution >= 0.6 is 0 Å². The van der Waals surface area contributed by atoms with Gasteiger partial charge in [0.2, 0.25) is 5.91 Å². The Morgan fingerprint density at radius 2 is 1.89 bits per heavy atom. The van der Waals surface area contributed by atoms with Crippen LogP contribution in [0.3, 0.4) is 0 Å². The SMILES string of the molecule is CCN(CC)C(=O)CC1COc2ccc(C(=O)N3CCOCC3)cc2N1C. The monoisotopic (exact) mass is 375 g/mol. The fourth-order valence-corrected chi connectivity index (χ4v) is 3.59. The third kappa shape index (κ3) is 4.18. The summed E-state index contributed by atoms with van der Waals surface area (Å²) in [6, 6.07) is 5.49. The lowest BCUT2D eigenvalue weighted by Gasteiger charge is -2.37. The van der Waals surface area contributed by atoms with E-state index in [1.54, 1.807) is 0 Å². The lowest BCUT2D eigenvalue weighted by atomic mass is 10.1. The van der Waals surface area contributed by atoms with Gasteiger partial charge in [0.1, 0.15) is 12.4 Å². The van der Waals surface area contributed by atoms with Gasteiger partial charge in [0.05, 0.1) is 31.4 Å². The Morgan fingerprint density at radius 3 is 2.56 bits per heavy atom. The molecule has 2 amide bonds. The molecule has 1 atom stereocenters. The normalized spacial score (nSPS) is 19.3. The van der Waals surface area contributed by atoms with E-state index in [1.807, 2.05) is 48.9 Å². The van der Waals surface area contributed by atoms with Crippen LogP contribution < -0.4 is 9.64 Å². The molecule has 2 aliphatic heterocycles. The summed E-state index contributed by atoms with van der Waals surface area (Å²) in [6.45, 7) is 8.25. The summed E-state index contributed by atoms with van der Waals surface area (Å²) in [5.41, 5.74) is 1.50. The first kappa shape index (κ1) is 19.5. The first-order chi connectivity index (χ1) is 13.0. The number of ether oxygens (including phenoxy) is 2. The van der Waals surface area contributed by atoms with Crippen molar-refractivity contribution in [3.63, 3.8) is 0 Å². The molecule has 27 heavy (non-hydrogen) atoms. The van der Waals surface area contributed by atoms with Gasteiger partial charge in [0.25, 0.3) is 5.91 Å². The van der Waals surface area contributed by atoms with Gasteiger partial charge in [-0.15, -0.1) is 0 Å². The van der Waals surface area contributed by atoms with Crippen LogP contribution in [0.25, 0.3) is 0 Å². The maximum atomic E-state index is 12.8. The Bertz CT molecular complexity index is 684. The fourth-order valence-electron chi connectivity index (χ4n) is 3.59. The summed E-state index contributed by atoms with van der Waals surface area (Å²) >= 11 is 0. The number of amides is 2. The van der Waals surface area contributed by atoms with E-state index in [9.17, 15) is 9.59 Å². The highest BCUT2D eigenvalue weighted by molar-refractivity contribution is 5.96. The van der Waals surface area contributed by atoms with Crippen LogP contribution in [0, 0.1) is 0 Å². The van der Waals surface area contributed by atoms with Crippen LogP contribution in [0.4, 0.5) is 5.69 Å². The fraction of sp³-hybridized carbons (Fsp3) is 0.600. The van der Waals surface area contributed by atoms with Gasteiger partial charge in [0, 0.05) is 38.8 Å². The van der Waals surface area contributed by atoms with Gasteiger partial charge in [-0.2, -0.15) is 0 Å². The highest BCUT2D eigenvalue weighted by atomic mass is 16.5. The van der Waals surface area contributed by atoms with Crippen LogP contribution in [0.1, 0.15) is 30.6 Å². The molecule has 0 aromatic heterocycles. The molecule has 1 aromatic carbocycles. The minimum atomic E-state index is -0.0423. The first-order valence-corrected chi connectivity index (χ1v) is 9.69. The quantitative estimate of drug-likeness (QED) is 0.783. The number of nitrogens with zero attached hydrogens (tertiary/aromatic N) is 3. The maximum absolute atomic E-state index is 12.8. The Morgan fingerprint density at radius 1 is 1.19 bits per heavy atom. The summed E-state index contributed by atoms with van der Waals surface area (Å²) in [7, 11) is 1.96. The molecule has 0 spiro atoms. The smallest absolute Gasteiger partial charge is 0.254 e. The van der Waals surface area contributed by atoms with Crippen LogP contribution in [-0.4, -0.2) is 80.7 Å². The van der Waals surface area contributed by atoms with Gasteiger partial charge in [-0.1, -0.05) is 0 Å². The Labute approximate surface area is 160 Å². The van der Waals surface area contributed by atoms with Gasteiger partial charge in [-0.3, -0.25) is 9.59 Å². The number of hydrogen-bond acceptors (Lipinski definition) is 5. The molecular formula is C20H29N3O4. The van der Waals surface area contributed by atoms with Crippen molar-refractivity contribution in [2.45, 2.75) is 26.3 Å². The molecule has 2 heterocycles. The molecule has 0 radical (unpaired) electrons. The molecular weight excluding hydrogens is 346 g/mol. The van der Waals surface area contributed by atoms with E-state index in [4.69, 9.17) is 9.47 Å². The van der Waals surface area contributed by atoms with Gasteiger partial charge in [-0.25, -0.2) is 0 Å². The molecule has 7 heteroatoms. The summed E-state index contributed by atoms with van der Waals surface area (Å²) in [5.74, 6) is 0.892. The molecule has 0 N–H and O–H groups in total. The van der Waals surface area contributed by atoms with Crippen LogP contribution in [0.2, 0.25) is 0 Å². The third-order valence-corrected chi connectivity index (χ3v) is 5.39. The van der Waals surface area contributed by atoms with Crippen LogP contribution in [0.15, 0.2) is 18.2 Å². The number of fused-ring (bicyclic) bond motifs is 1. The molecule has 3 rings (SSSR count). The predicted molar refractivity (Wildman–Crippen MR) is 103 cm³/mol. The molecule has 1 fully saturated rings. The van der Waals surface area contributed by atoms with Crippen molar-refractivity contribution in [3.05, 3.63) is 23.8 Å². The van der Waals surface area contributed by atoms with Gasteiger partial charge < -0.3 is 24.2 Å². The average molecular weight is 375 g/mol. The van der Waals surface area contributed by atoms with Gasteiger partial charge in [0.15, 0.2) is 0 Å². The largest absolute Gasteiger partial charge is 0.489 e. The molecule has 0 aliphatic carbocycles. The van der Waals surface area contributed by atoms with Gasteiger partial charge in [-0.05, 0) is 32.0 Å². The molecule has 1 saturated heterocycles. The molecule has 1 unspecified atom stereocenters. The van der Waals surface area contributed by atoms with E-state index >= 15 is 0 Å². The second kappa shape index (κ2) is 8.61. The number of carbonyl (C=O) groups is 2. The second-order valence-corrected chi connectivity index (χ2v) is 6.93. The lowest BCUT2D eigenvalue weighted by molar-refractivity contribution is -0.131. The van der Waals surface area contributed by atoms with E-state index in [0.717, 1.165) is 11.4 Å². The van der Waals surface area contributed by atoms with E-state index in [-0.39, 0.29) is 17.9 Å². The van der Waals surface area contributed by atoms with Crippen LogP contribution in [-0.2, 0) is 9.53 Å². The van der Waals surface area contributed by atoms with E-state index in [0.29, 0.717) is 58.0 Å². The molecule has 148 valence electrons. The minimum absolute atomic E-state index is 0.0100. The average Bonchev–Trinajstić information content (AvgIpc) is 2.71.